The van der Waals surface area contributed by atoms with Crippen molar-refractivity contribution >= 4 is 17.3 Å². The molecule has 0 spiro atoms. The molecule has 0 saturated carbocycles. The van der Waals surface area contributed by atoms with E-state index in [0.717, 1.165) is 12.3 Å². The van der Waals surface area contributed by atoms with Gasteiger partial charge >= 0.3 is 5.97 Å². The van der Waals surface area contributed by atoms with Gasteiger partial charge in [0, 0.05) is 5.38 Å². The fraction of sp³-hybridized carbons (Fsp3) is 0.100. The van der Waals surface area contributed by atoms with Crippen LogP contribution in [0.1, 0.15) is 16.1 Å². The summed E-state index contributed by atoms with van der Waals surface area (Å²) in [5, 5.41) is 10.6. The van der Waals surface area contributed by atoms with Crippen LogP contribution in [0, 0.1) is 5.82 Å². The molecule has 1 N–H and O–H groups in total. The number of halogens is 1. The van der Waals surface area contributed by atoms with E-state index in [9.17, 15) is 9.18 Å². The number of pyridine rings is 1. The lowest BCUT2D eigenvalue weighted by atomic mass is 10.3. The van der Waals surface area contributed by atoms with Gasteiger partial charge < -0.3 is 9.84 Å². The Balaban J connectivity index is 2.17. The van der Waals surface area contributed by atoms with E-state index in [1.54, 1.807) is 10.9 Å². The van der Waals surface area contributed by atoms with Crippen LogP contribution in [0.3, 0.4) is 0 Å². The molecule has 5 nitrogen and oxygen atoms in total. The molecule has 0 aliphatic carbocycles. The minimum absolute atomic E-state index is 0.0996. The maximum absolute atomic E-state index is 12.8. The summed E-state index contributed by atoms with van der Waals surface area (Å²) in [5.41, 5.74) is 1.99. The number of hydrogen-bond acceptors (Lipinski definition) is 5. The molecule has 2 rings (SSSR count). The second kappa shape index (κ2) is 4.88. The number of thiazole rings is 1. The van der Waals surface area contributed by atoms with Crippen molar-refractivity contribution in [2.45, 2.75) is 6.61 Å². The number of ether oxygens (including phenoxy) is 1. The summed E-state index contributed by atoms with van der Waals surface area (Å²) in [6, 6.07) is 0.867. The van der Waals surface area contributed by atoms with Crippen LogP contribution in [0.2, 0.25) is 0 Å². The van der Waals surface area contributed by atoms with Crippen LogP contribution in [-0.4, -0.2) is 21.0 Å². The molecular formula is C10H7FN2O3S. The third-order valence-corrected chi connectivity index (χ3v) is 2.52. The van der Waals surface area contributed by atoms with Crippen LogP contribution in [0.15, 0.2) is 23.2 Å². The van der Waals surface area contributed by atoms with Gasteiger partial charge in [0.1, 0.15) is 18.0 Å². The number of hydrogen-bond donors (Lipinski definition) is 1. The van der Waals surface area contributed by atoms with E-state index >= 15 is 0 Å². The molecule has 0 aliphatic rings. The average molecular weight is 254 g/mol. The highest BCUT2D eigenvalue weighted by Gasteiger charge is 2.14. The maximum Gasteiger partial charge on any atom is 0.341 e. The number of aromatic nitrogens is 2. The van der Waals surface area contributed by atoms with Gasteiger partial charge in [0.25, 0.3) is 0 Å². The minimum atomic E-state index is -1.29. The number of rotatable bonds is 4. The predicted octanol–water partition coefficient (Wildman–Crippen LogP) is 1.95. The van der Waals surface area contributed by atoms with E-state index in [2.05, 4.69) is 9.97 Å². The second-order valence-corrected chi connectivity index (χ2v) is 3.80. The van der Waals surface area contributed by atoms with Gasteiger partial charge in [-0.1, -0.05) is 0 Å². The lowest BCUT2D eigenvalue weighted by Crippen LogP contribution is -2.06. The summed E-state index contributed by atoms with van der Waals surface area (Å²) < 4.78 is 18.0. The highest BCUT2D eigenvalue weighted by Crippen LogP contribution is 2.17. The molecule has 2 heterocycles. The second-order valence-electron chi connectivity index (χ2n) is 3.08. The van der Waals surface area contributed by atoms with E-state index in [-0.39, 0.29) is 18.1 Å². The Hall–Kier alpha value is -2.02. The van der Waals surface area contributed by atoms with E-state index in [4.69, 9.17) is 9.84 Å². The number of carboxylic acid groups (broad SMARTS) is 1. The van der Waals surface area contributed by atoms with Crippen LogP contribution in [0.25, 0.3) is 0 Å². The largest absolute Gasteiger partial charge is 0.477 e. The summed E-state index contributed by atoms with van der Waals surface area (Å²) in [4.78, 5) is 18.4. The number of carboxylic acids is 1. The zero-order valence-corrected chi connectivity index (χ0v) is 9.28. The first-order valence-corrected chi connectivity index (χ1v) is 5.50. The SMILES string of the molecule is O=C(O)c1cc(F)cnc1OCc1cscn1. The molecule has 0 aromatic carbocycles. The number of aromatic carboxylic acids is 1. The highest BCUT2D eigenvalue weighted by molar-refractivity contribution is 7.07. The van der Waals surface area contributed by atoms with Crippen molar-refractivity contribution in [3.8, 4) is 5.88 Å². The standard InChI is InChI=1S/C10H7FN2O3S/c11-6-1-8(10(14)15)9(12-2-6)16-3-7-4-17-5-13-7/h1-2,4-5H,3H2,(H,14,15). The monoisotopic (exact) mass is 254 g/mol. The first kappa shape index (κ1) is 11.5. The minimum Gasteiger partial charge on any atom is -0.477 e. The maximum atomic E-state index is 12.8. The van der Waals surface area contributed by atoms with Crippen molar-refractivity contribution in [3.05, 3.63) is 40.2 Å². The quantitative estimate of drug-likeness (QED) is 0.902. The molecule has 17 heavy (non-hydrogen) atoms. The smallest absolute Gasteiger partial charge is 0.341 e. The van der Waals surface area contributed by atoms with Crippen molar-refractivity contribution in [1.29, 1.82) is 0 Å². The van der Waals surface area contributed by atoms with Gasteiger partial charge in [-0.25, -0.2) is 19.2 Å². The van der Waals surface area contributed by atoms with Crippen LogP contribution in [0.5, 0.6) is 5.88 Å². The van der Waals surface area contributed by atoms with E-state index in [1.807, 2.05) is 0 Å². The molecule has 2 aromatic rings. The van der Waals surface area contributed by atoms with Crippen LogP contribution in [-0.2, 0) is 6.61 Å². The van der Waals surface area contributed by atoms with Gasteiger partial charge in [0.15, 0.2) is 0 Å². The Kier molecular flexibility index (Phi) is 3.29. The number of carbonyl (C=O) groups is 1. The fourth-order valence-corrected chi connectivity index (χ4v) is 1.69. The Labute approximate surface area is 99.5 Å². The molecule has 0 fully saturated rings. The summed E-state index contributed by atoms with van der Waals surface area (Å²) in [5.74, 6) is -2.12. The Morgan fingerprint density at radius 3 is 3.00 bits per heavy atom. The van der Waals surface area contributed by atoms with Gasteiger partial charge in [0.2, 0.25) is 5.88 Å². The third-order valence-electron chi connectivity index (χ3n) is 1.89. The molecule has 0 bridgehead atoms. The van der Waals surface area contributed by atoms with Crippen LogP contribution >= 0.6 is 11.3 Å². The molecule has 7 heteroatoms. The van der Waals surface area contributed by atoms with Gasteiger partial charge in [-0.05, 0) is 6.07 Å². The fourth-order valence-electron chi connectivity index (χ4n) is 1.15. The average Bonchev–Trinajstić information content (AvgIpc) is 2.80. The zero-order valence-electron chi connectivity index (χ0n) is 8.46. The molecule has 0 radical (unpaired) electrons. The summed E-state index contributed by atoms with van der Waals surface area (Å²) in [6.07, 6.45) is 0.906. The lowest BCUT2D eigenvalue weighted by molar-refractivity contribution is 0.0690. The van der Waals surface area contributed by atoms with Crippen molar-refractivity contribution in [2.24, 2.45) is 0 Å². The molecule has 0 unspecified atom stereocenters. The molecule has 0 saturated heterocycles. The summed E-state index contributed by atoms with van der Waals surface area (Å²) in [7, 11) is 0. The van der Waals surface area contributed by atoms with Crippen LogP contribution < -0.4 is 4.74 Å². The molecule has 0 aliphatic heterocycles. The van der Waals surface area contributed by atoms with Gasteiger partial charge in [-0.15, -0.1) is 11.3 Å². The Bertz CT molecular complexity index is 530. The van der Waals surface area contributed by atoms with Gasteiger partial charge in [0.05, 0.1) is 17.4 Å². The summed E-state index contributed by atoms with van der Waals surface area (Å²) >= 11 is 1.40. The van der Waals surface area contributed by atoms with Crippen molar-refractivity contribution in [1.82, 2.24) is 9.97 Å². The van der Waals surface area contributed by atoms with Crippen molar-refractivity contribution in [3.63, 3.8) is 0 Å². The lowest BCUT2D eigenvalue weighted by Gasteiger charge is -2.06. The first-order valence-electron chi connectivity index (χ1n) is 4.55. The Morgan fingerprint density at radius 1 is 1.53 bits per heavy atom. The first-order chi connectivity index (χ1) is 8.16. The van der Waals surface area contributed by atoms with E-state index < -0.39 is 11.8 Å². The molecule has 0 amide bonds. The zero-order chi connectivity index (χ0) is 12.3. The summed E-state index contributed by atoms with van der Waals surface area (Å²) in [6.45, 7) is 0.0996. The molecule has 0 atom stereocenters. The van der Waals surface area contributed by atoms with Gasteiger partial charge in [-0.3, -0.25) is 0 Å². The van der Waals surface area contributed by atoms with Crippen molar-refractivity contribution in [2.75, 3.05) is 0 Å². The van der Waals surface area contributed by atoms with Crippen molar-refractivity contribution < 1.29 is 19.0 Å². The normalized spacial score (nSPS) is 10.2. The van der Waals surface area contributed by atoms with E-state index in [1.165, 1.54) is 11.3 Å². The highest BCUT2D eigenvalue weighted by atomic mass is 32.1. The third kappa shape index (κ3) is 2.76. The molecule has 88 valence electrons. The molecule has 2 aromatic heterocycles. The Morgan fingerprint density at radius 2 is 2.35 bits per heavy atom. The predicted molar refractivity (Wildman–Crippen MR) is 57.6 cm³/mol. The molecular weight excluding hydrogens is 247 g/mol. The number of nitrogens with zero attached hydrogens (tertiary/aromatic N) is 2. The topological polar surface area (TPSA) is 72.3 Å². The van der Waals surface area contributed by atoms with Crippen LogP contribution in [0.4, 0.5) is 4.39 Å². The van der Waals surface area contributed by atoms with Gasteiger partial charge in [-0.2, -0.15) is 0 Å². The van der Waals surface area contributed by atoms with E-state index in [0.29, 0.717) is 5.69 Å².